The van der Waals surface area contributed by atoms with Crippen molar-refractivity contribution < 1.29 is 9.90 Å². The number of aliphatic hydroxyl groups excluding tert-OH is 1. The van der Waals surface area contributed by atoms with E-state index >= 15 is 0 Å². The highest BCUT2D eigenvalue weighted by Gasteiger charge is 2.23. The van der Waals surface area contributed by atoms with Crippen molar-refractivity contribution in [2.75, 3.05) is 6.54 Å². The van der Waals surface area contributed by atoms with Gasteiger partial charge in [-0.1, -0.05) is 18.9 Å². The monoisotopic (exact) mass is 312 g/mol. The molecule has 1 aliphatic rings. The Morgan fingerprint density at radius 1 is 1.44 bits per heavy atom. The lowest BCUT2D eigenvalue weighted by Crippen LogP contribution is -2.36. The minimum Gasteiger partial charge on any atom is -0.393 e. The average molecular weight is 313 g/mol. The summed E-state index contributed by atoms with van der Waals surface area (Å²) in [6.07, 6.45) is 3.75. The zero-order valence-electron chi connectivity index (χ0n) is 10.1. The summed E-state index contributed by atoms with van der Waals surface area (Å²) in [5, 5.41) is 12.7. The van der Waals surface area contributed by atoms with Crippen LogP contribution in [0.25, 0.3) is 0 Å². The second-order valence-electron chi connectivity index (χ2n) is 4.67. The second-order valence-corrected chi connectivity index (χ2v) is 5.48. The lowest BCUT2D eigenvalue weighted by molar-refractivity contribution is 0.0661. The SMILES string of the molecule is O=C(NCC1CCCCC1O)c1cccc(Br)n1. The van der Waals surface area contributed by atoms with Gasteiger partial charge in [-0.05, 0) is 40.9 Å². The Hall–Kier alpha value is -0.940. The van der Waals surface area contributed by atoms with Gasteiger partial charge >= 0.3 is 0 Å². The Morgan fingerprint density at radius 2 is 2.22 bits per heavy atom. The Morgan fingerprint density at radius 3 is 2.94 bits per heavy atom. The Labute approximate surface area is 115 Å². The smallest absolute Gasteiger partial charge is 0.269 e. The van der Waals surface area contributed by atoms with E-state index in [1.54, 1.807) is 18.2 Å². The largest absolute Gasteiger partial charge is 0.393 e. The van der Waals surface area contributed by atoms with Gasteiger partial charge in [-0.25, -0.2) is 4.98 Å². The van der Waals surface area contributed by atoms with E-state index in [1.165, 1.54) is 0 Å². The summed E-state index contributed by atoms with van der Waals surface area (Å²) in [5.41, 5.74) is 0.398. The van der Waals surface area contributed by atoms with Crippen LogP contribution in [0, 0.1) is 5.92 Å². The predicted molar refractivity (Wildman–Crippen MR) is 72.2 cm³/mol. The second kappa shape index (κ2) is 6.29. The first-order valence-corrected chi connectivity index (χ1v) is 7.05. The maximum atomic E-state index is 11.9. The van der Waals surface area contributed by atoms with Crippen molar-refractivity contribution in [3.8, 4) is 0 Å². The lowest BCUT2D eigenvalue weighted by Gasteiger charge is -2.27. The van der Waals surface area contributed by atoms with E-state index in [-0.39, 0.29) is 17.9 Å². The van der Waals surface area contributed by atoms with Crippen molar-refractivity contribution in [1.29, 1.82) is 0 Å². The van der Waals surface area contributed by atoms with Crippen molar-refractivity contribution in [1.82, 2.24) is 10.3 Å². The van der Waals surface area contributed by atoms with Crippen molar-refractivity contribution in [2.45, 2.75) is 31.8 Å². The number of aliphatic hydroxyl groups is 1. The minimum absolute atomic E-state index is 0.176. The van der Waals surface area contributed by atoms with Crippen LogP contribution in [-0.4, -0.2) is 28.6 Å². The highest BCUT2D eigenvalue weighted by Crippen LogP contribution is 2.23. The van der Waals surface area contributed by atoms with Crippen molar-refractivity contribution in [3.63, 3.8) is 0 Å². The molecule has 5 heteroatoms. The number of pyridine rings is 1. The van der Waals surface area contributed by atoms with Crippen LogP contribution in [0.5, 0.6) is 0 Å². The first-order chi connectivity index (χ1) is 8.66. The molecule has 1 aromatic heterocycles. The van der Waals surface area contributed by atoms with Crippen LogP contribution >= 0.6 is 15.9 Å². The topological polar surface area (TPSA) is 62.2 Å². The van der Waals surface area contributed by atoms with Gasteiger partial charge in [-0.15, -0.1) is 0 Å². The van der Waals surface area contributed by atoms with Crippen LogP contribution in [-0.2, 0) is 0 Å². The van der Waals surface area contributed by atoms with Gasteiger partial charge in [-0.3, -0.25) is 4.79 Å². The van der Waals surface area contributed by atoms with Gasteiger partial charge < -0.3 is 10.4 Å². The predicted octanol–water partition coefficient (Wildman–Crippen LogP) is 2.12. The third-order valence-corrected chi connectivity index (χ3v) is 3.78. The summed E-state index contributed by atoms with van der Waals surface area (Å²) in [6, 6.07) is 5.24. The highest BCUT2D eigenvalue weighted by atomic mass is 79.9. The van der Waals surface area contributed by atoms with Crippen LogP contribution in [0.2, 0.25) is 0 Å². The molecule has 4 nitrogen and oxygen atoms in total. The molecule has 1 aromatic rings. The van der Waals surface area contributed by atoms with Crippen LogP contribution in [0.1, 0.15) is 36.2 Å². The normalized spacial score (nSPS) is 23.7. The summed E-state index contributed by atoms with van der Waals surface area (Å²) in [4.78, 5) is 16.0. The molecule has 18 heavy (non-hydrogen) atoms. The quantitative estimate of drug-likeness (QED) is 0.840. The van der Waals surface area contributed by atoms with Gasteiger partial charge in [0.25, 0.3) is 5.91 Å². The van der Waals surface area contributed by atoms with Crippen molar-refractivity contribution >= 4 is 21.8 Å². The molecule has 0 bridgehead atoms. The molecule has 1 fully saturated rings. The number of carbonyl (C=O) groups excluding carboxylic acids is 1. The molecule has 1 saturated carbocycles. The van der Waals surface area contributed by atoms with Crippen molar-refractivity contribution in [2.24, 2.45) is 5.92 Å². The molecule has 1 aliphatic carbocycles. The molecule has 0 aromatic carbocycles. The van der Waals surface area contributed by atoms with E-state index in [0.717, 1.165) is 25.7 Å². The fourth-order valence-electron chi connectivity index (χ4n) is 2.28. The lowest BCUT2D eigenvalue weighted by atomic mass is 9.86. The summed E-state index contributed by atoms with van der Waals surface area (Å²) < 4.78 is 0.646. The molecule has 0 spiro atoms. The van der Waals surface area contributed by atoms with Crippen LogP contribution in [0.15, 0.2) is 22.8 Å². The van der Waals surface area contributed by atoms with E-state index in [1.807, 2.05) is 0 Å². The number of nitrogens with zero attached hydrogens (tertiary/aromatic N) is 1. The van der Waals surface area contributed by atoms with Gasteiger partial charge in [0.1, 0.15) is 10.3 Å². The fraction of sp³-hybridized carbons (Fsp3) is 0.538. The number of hydrogen-bond donors (Lipinski definition) is 2. The number of rotatable bonds is 3. The number of aromatic nitrogens is 1. The molecule has 2 unspecified atom stereocenters. The molecule has 2 atom stereocenters. The highest BCUT2D eigenvalue weighted by molar-refractivity contribution is 9.10. The molecule has 1 amide bonds. The summed E-state index contributed by atoms with van der Waals surface area (Å²) in [6.45, 7) is 0.522. The third-order valence-electron chi connectivity index (χ3n) is 3.34. The number of halogens is 1. The number of nitrogens with one attached hydrogen (secondary N) is 1. The fourth-order valence-corrected chi connectivity index (χ4v) is 2.62. The molecule has 0 saturated heterocycles. The Bertz CT molecular complexity index is 425. The van der Waals surface area contributed by atoms with Crippen LogP contribution in [0.3, 0.4) is 0 Å². The summed E-state index contributed by atoms with van der Waals surface area (Å²) in [7, 11) is 0. The van der Waals surface area contributed by atoms with Crippen LogP contribution < -0.4 is 5.32 Å². The van der Waals surface area contributed by atoms with E-state index in [0.29, 0.717) is 16.8 Å². The van der Waals surface area contributed by atoms with Crippen LogP contribution in [0.4, 0.5) is 0 Å². The molecule has 0 radical (unpaired) electrons. The summed E-state index contributed by atoms with van der Waals surface area (Å²) in [5.74, 6) is -0.0103. The third kappa shape index (κ3) is 3.53. The molecule has 2 rings (SSSR count). The van der Waals surface area contributed by atoms with E-state index in [2.05, 4.69) is 26.2 Å². The molecule has 2 N–H and O–H groups in total. The summed E-state index contributed by atoms with van der Waals surface area (Å²) >= 11 is 3.24. The zero-order valence-corrected chi connectivity index (χ0v) is 11.7. The van der Waals surface area contributed by atoms with E-state index in [4.69, 9.17) is 0 Å². The number of carbonyl (C=O) groups is 1. The van der Waals surface area contributed by atoms with Gasteiger partial charge in [0.2, 0.25) is 0 Å². The Balaban J connectivity index is 1.88. The number of amides is 1. The van der Waals surface area contributed by atoms with Gasteiger partial charge in [0.05, 0.1) is 6.10 Å². The van der Waals surface area contributed by atoms with E-state index < -0.39 is 0 Å². The van der Waals surface area contributed by atoms with Crippen molar-refractivity contribution in [3.05, 3.63) is 28.5 Å². The van der Waals surface area contributed by atoms with Gasteiger partial charge in [0.15, 0.2) is 0 Å². The van der Waals surface area contributed by atoms with Gasteiger partial charge in [0, 0.05) is 12.5 Å². The minimum atomic E-state index is -0.283. The molecule has 98 valence electrons. The molecular formula is C13H17BrN2O2. The first kappa shape index (κ1) is 13.5. The standard InChI is InChI=1S/C13H17BrN2O2/c14-12-7-3-5-10(16-12)13(18)15-8-9-4-1-2-6-11(9)17/h3,5,7,9,11,17H,1-2,4,6,8H2,(H,15,18). The Kier molecular flexibility index (Phi) is 4.72. The van der Waals surface area contributed by atoms with E-state index in [9.17, 15) is 9.90 Å². The first-order valence-electron chi connectivity index (χ1n) is 6.25. The molecular weight excluding hydrogens is 296 g/mol. The molecule has 0 aliphatic heterocycles. The average Bonchev–Trinajstić information content (AvgIpc) is 2.37. The van der Waals surface area contributed by atoms with Gasteiger partial charge in [-0.2, -0.15) is 0 Å². The number of hydrogen-bond acceptors (Lipinski definition) is 3. The maximum absolute atomic E-state index is 11.9. The molecule has 1 heterocycles. The zero-order chi connectivity index (χ0) is 13.0. The maximum Gasteiger partial charge on any atom is 0.269 e.